The SMILES string of the molecule is CCOc1cc(C=CCNC2CC2)ccc1OC. The number of nitrogens with one attached hydrogen (secondary N) is 1. The second kappa shape index (κ2) is 6.45. The third-order valence-electron chi connectivity index (χ3n) is 2.90. The van der Waals surface area contributed by atoms with E-state index in [0.29, 0.717) is 6.61 Å². The maximum Gasteiger partial charge on any atom is 0.161 e. The molecule has 0 spiro atoms. The molecule has 0 amide bonds. The predicted molar refractivity (Wildman–Crippen MR) is 74.2 cm³/mol. The molecule has 3 heteroatoms. The Labute approximate surface area is 109 Å². The average molecular weight is 247 g/mol. The number of benzene rings is 1. The standard InChI is InChI=1S/C15H21NO2/c1-3-18-15-11-12(6-9-14(15)17-2)5-4-10-16-13-7-8-13/h4-6,9,11,13,16H,3,7-8,10H2,1-2H3. The lowest BCUT2D eigenvalue weighted by Gasteiger charge is -2.09. The number of hydrogen-bond donors (Lipinski definition) is 1. The van der Waals surface area contributed by atoms with Crippen LogP contribution in [0.2, 0.25) is 0 Å². The Bertz CT molecular complexity index is 411. The first kappa shape index (κ1) is 13.0. The Kier molecular flexibility index (Phi) is 4.65. The minimum Gasteiger partial charge on any atom is -0.493 e. The maximum absolute atomic E-state index is 5.55. The van der Waals surface area contributed by atoms with Gasteiger partial charge in [0, 0.05) is 12.6 Å². The van der Waals surface area contributed by atoms with Crippen LogP contribution < -0.4 is 14.8 Å². The molecule has 0 bridgehead atoms. The van der Waals surface area contributed by atoms with Crippen LogP contribution >= 0.6 is 0 Å². The summed E-state index contributed by atoms with van der Waals surface area (Å²) in [7, 11) is 1.66. The van der Waals surface area contributed by atoms with Gasteiger partial charge in [0.1, 0.15) is 0 Å². The van der Waals surface area contributed by atoms with Gasteiger partial charge in [-0.2, -0.15) is 0 Å². The number of methoxy groups -OCH3 is 1. The number of hydrogen-bond acceptors (Lipinski definition) is 3. The first-order valence-electron chi connectivity index (χ1n) is 6.54. The van der Waals surface area contributed by atoms with Crippen molar-refractivity contribution >= 4 is 6.08 Å². The second-order valence-corrected chi connectivity index (χ2v) is 4.43. The van der Waals surface area contributed by atoms with Gasteiger partial charge in [0.25, 0.3) is 0 Å². The Morgan fingerprint density at radius 1 is 1.33 bits per heavy atom. The summed E-state index contributed by atoms with van der Waals surface area (Å²) in [6.45, 7) is 3.55. The van der Waals surface area contributed by atoms with E-state index in [4.69, 9.17) is 9.47 Å². The number of ether oxygens (including phenoxy) is 2. The minimum absolute atomic E-state index is 0.646. The Balaban J connectivity index is 1.95. The molecule has 0 heterocycles. The third kappa shape index (κ3) is 3.77. The van der Waals surface area contributed by atoms with Crippen molar-refractivity contribution in [1.29, 1.82) is 0 Å². The van der Waals surface area contributed by atoms with Gasteiger partial charge in [-0.15, -0.1) is 0 Å². The van der Waals surface area contributed by atoms with Crippen LogP contribution in [0.1, 0.15) is 25.3 Å². The summed E-state index contributed by atoms with van der Waals surface area (Å²) in [4.78, 5) is 0. The summed E-state index contributed by atoms with van der Waals surface area (Å²) in [6, 6.07) is 6.74. The van der Waals surface area contributed by atoms with E-state index in [0.717, 1.165) is 29.6 Å². The van der Waals surface area contributed by atoms with Gasteiger partial charge < -0.3 is 14.8 Å². The first-order valence-corrected chi connectivity index (χ1v) is 6.54. The van der Waals surface area contributed by atoms with Crippen LogP contribution in [0.4, 0.5) is 0 Å². The lowest BCUT2D eigenvalue weighted by Crippen LogP contribution is -2.15. The summed E-state index contributed by atoms with van der Waals surface area (Å²) in [5.41, 5.74) is 1.14. The molecule has 98 valence electrons. The quantitative estimate of drug-likeness (QED) is 0.803. The highest BCUT2D eigenvalue weighted by atomic mass is 16.5. The van der Waals surface area contributed by atoms with Gasteiger partial charge in [-0.1, -0.05) is 18.2 Å². The number of rotatable bonds is 7. The third-order valence-corrected chi connectivity index (χ3v) is 2.90. The molecule has 1 aliphatic carbocycles. The van der Waals surface area contributed by atoms with Gasteiger partial charge in [0.2, 0.25) is 0 Å². The molecular weight excluding hydrogens is 226 g/mol. The van der Waals surface area contributed by atoms with Crippen molar-refractivity contribution in [3.05, 3.63) is 29.8 Å². The Morgan fingerprint density at radius 2 is 2.17 bits per heavy atom. The molecule has 0 unspecified atom stereocenters. The molecule has 0 aromatic heterocycles. The van der Waals surface area contributed by atoms with E-state index in [1.165, 1.54) is 12.8 Å². The zero-order chi connectivity index (χ0) is 12.8. The molecule has 0 radical (unpaired) electrons. The minimum atomic E-state index is 0.646. The topological polar surface area (TPSA) is 30.5 Å². The monoisotopic (exact) mass is 247 g/mol. The molecule has 0 atom stereocenters. The van der Waals surface area contributed by atoms with Crippen LogP contribution in [0.5, 0.6) is 11.5 Å². The molecule has 18 heavy (non-hydrogen) atoms. The first-order chi connectivity index (χ1) is 8.83. The van der Waals surface area contributed by atoms with Gasteiger partial charge in [0.15, 0.2) is 11.5 Å². The van der Waals surface area contributed by atoms with Crippen molar-refractivity contribution in [2.45, 2.75) is 25.8 Å². The normalized spacial score (nSPS) is 15.0. The van der Waals surface area contributed by atoms with Gasteiger partial charge in [-0.25, -0.2) is 0 Å². The fourth-order valence-corrected chi connectivity index (χ4v) is 1.78. The summed E-state index contributed by atoms with van der Waals surface area (Å²) in [5.74, 6) is 1.59. The predicted octanol–water partition coefficient (Wildman–Crippen LogP) is 2.86. The van der Waals surface area contributed by atoms with Crippen molar-refractivity contribution in [2.75, 3.05) is 20.3 Å². The van der Waals surface area contributed by atoms with Crippen LogP contribution in [0.15, 0.2) is 24.3 Å². The smallest absolute Gasteiger partial charge is 0.161 e. The molecule has 1 fully saturated rings. The fourth-order valence-electron chi connectivity index (χ4n) is 1.78. The van der Waals surface area contributed by atoms with E-state index in [2.05, 4.69) is 17.5 Å². The van der Waals surface area contributed by atoms with E-state index < -0.39 is 0 Å². The van der Waals surface area contributed by atoms with Gasteiger partial charge in [-0.3, -0.25) is 0 Å². The molecule has 1 aliphatic rings. The van der Waals surface area contributed by atoms with Gasteiger partial charge in [-0.05, 0) is 37.5 Å². The van der Waals surface area contributed by atoms with Crippen molar-refractivity contribution in [2.24, 2.45) is 0 Å². The fraction of sp³-hybridized carbons (Fsp3) is 0.467. The highest BCUT2D eigenvalue weighted by Gasteiger charge is 2.18. The van der Waals surface area contributed by atoms with E-state index in [1.807, 2.05) is 25.1 Å². The highest BCUT2D eigenvalue weighted by molar-refractivity contribution is 5.56. The van der Waals surface area contributed by atoms with Crippen LogP contribution in [-0.2, 0) is 0 Å². The Hall–Kier alpha value is -1.48. The molecule has 1 N–H and O–H groups in total. The zero-order valence-corrected chi connectivity index (χ0v) is 11.1. The summed E-state index contributed by atoms with van der Waals surface area (Å²) < 4.78 is 10.8. The Morgan fingerprint density at radius 3 is 2.83 bits per heavy atom. The van der Waals surface area contributed by atoms with Crippen LogP contribution in [0.3, 0.4) is 0 Å². The molecule has 1 saturated carbocycles. The van der Waals surface area contributed by atoms with Crippen LogP contribution in [0, 0.1) is 0 Å². The summed E-state index contributed by atoms with van der Waals surface area (Å²) >= 11 is 0. The molecule has 1 aromatic carbocycles. The van der Waals surface area contributed by atoms with Crippen molar-refractivity contribution in [3.8, 4) is 11.5 Å². The van der Waals surface area contributed by atoms with Gasteiger partial charge in [0.05, 0.1) is 13.7 Å². The second-order valence-electron chi connectivity index (χ2n) is 4.43. The van der Waals surface area contributed by atoms with Gasteiger partial charge >= 0.3 is 0 Å². The van der Waals surface area contributed by atoms with E-state index >= 15 is 0 Å². The van der Waals surface area contributed by atoms with E-state index in [-0.39, 0.29) is 0 Å². The summed E-state index contributed by atoms with van der Waals surface area (Å²) in [5, 5.41) is 3.45. The van der Waals surface area contributed by atoms with Crippen LogP contribution in [0.25, 0.3) is 6.08 Å². The molecule has 1 aromatic rings. The van der Waals surface area contributed by atoms with Crippen molar-refractivity contribution in [3.63, 3.8) is 0 Å². The lowest BCUT2D eigenvalue weighted by molar-refractivity contribution is 0.311. The molecule has 0 saturated heterocycles. The van der Waals surface area contributed by atoms with Crippen molar-refractivity contribution < 1.29 is 9.47 Å². The summed E-state index contributed by atoms with van der Waals surface area (Å²) in [6.07, 6.45) is 6.91. The molecular formula is C15H21NO2. The van der Waals surface area contributed by atoms with E-state index in [1.54, 1.807) is 7.11 Å². The maximum atomic E-state index is 5.55. The molecule has 3 nitrogen and oxygen atoms in total. The zero-order valence-electron chi connectivity index (χ0n) is 11.1. The highest BCUT2D eigenvalue weighted by Crippen LogP contribution is 2.28. The lowest BCUT2D eigenvalue weighted by atomic mass is 10.2. The van der Waals surface area contributed by atoms with E-state index in [9.17, 15) is 0 Å². The largest absolute Gasteiger partial charge is 0.493 e. The molecule has 0 aliphatic heterocycles. The van der Waals surface area contributed by atoms with Crippen molar-refractivity contribution in [1.82, 2.24) is 5.32 Å². The average Bonchev–Trinajstić information content (AvgIpc) is 3.19. The molecule has 2 rings (SSSR count). The van der Waals surface area contributed by atoms with Crippen LogP contribution in [-0.4, -0.2) is 26.3 Å².